The van der Waals surface area contributed by atoms with E-state index in [-0.39, 0.29) is 5.78 Å². The molecule has 5 heteroatoms. The third-order valence-electron chi connectivity index (χ3n) is 3.35. The molecule has 2 rings (SSSR count). The predicted molar refractivity (Wildman–Crippen MR) is 82.4 cm³/mol. The number of carbonyl (C=O) groups is 1. The Morgan fingerprint density at radius 2 is 1.95 bits per heavy atom. The van der Waals surface area contributed by atoms with Crippen LogP contribution in [-0.2, 0) is 31.2 Å². The Bertz CT molecular complexity index is 634. The summed E-state index contributed by atoms with van der Waals surface area (Å²) in [6.45, 7) is 2.37. The van der Waals surface area contributed by atoms with Crippen molar-refractivity contribution in [1.29, 1.82) is 0 Å². The minimum Gasteiger partial charge on any atom is -0.326 e. The Labute approximate surface area is 127 Å². The fourth-order valence-electron chi connectivity index (χ4n) is 2.26. The van der Waals surface area contributed by atoms with Crippen LogP contribution >= 0.6 is 15.9 Å². The van der Waals surface area contributed by atoms with Gasteiger partial charge in [-0.3, -0.25) is 9.48 Å². The van der Waals surface area contributed by atoms with Crippen molar-refractivity contribution in [3.05, 3.63) is 51.3 Å². The standard InChI is InChI=1S/C15H18BrN3O/c1-10-15(16)14(19(2)18-10)8-13(20)7-11-5-3-4-6-12(11)9-17/h3-6H,7-9,17H2,1-2H3. The van der Waals surface area contributed by atoms with Crippen LogP contribution in [0.15, 0.2) is 28.7 Å². The number of hydrogen-bond donors (Lipinski definition) is 1. The minimum absolute atomic E-state index is 0.162. The van der Waals surface area contributed by atoms with Gasteiger partial charge in [0.25, 0.3) is 0 Å². The maximum absolute atomic E-state index is 12.3. The Balaban J connectivity index is 2.13. The SMILES string of the molecule is Cc1nn(C)c(CC(=O)Cc2ccccc2CN)c1Br. The normalized spacial score (nSPS) is 10.8. The molecule has 0 atom stereocenters. The number of Topliss-reactive ketones (excluding diaryl/α,β-unsaturated/α-hetero) is 1. The van der Waals surface area contributed by atoms with Crippen molar-refractivity contribution in [2.24, 2.45) is 12.8 Å². The molecule has 0 amide bonds. The quantitative estimate of drug-likeness (QED) is 0.911. The van der Waals surface area contributed by atoms with Gasteiger partial charge in [0.05, 0.1) is 15.9 Å². The van der Waals surface area contributed by atoms with E-state index >= 15 is 0 Å². The third kappa shape index (κ3) is 3.16. The van der Waals surface area contributed by atoms with Gasteiger partial charge in [-0.1, -0.05) is 24.3 Å². The number of benzene rings is 1. The number of hydrogen-bond acceptors (Lipinski definition) is 3. The lowest BCUT2D eigenvalue weighted by molar-refractivity contribution is -0.117. The van der Waals surface area contributed by atoms with Crippen LogP contribution in [0.1, 0.15) is 22.5 Å². The molecule has 0 unspecified atom stereocenters. The Morgan fingerprint density at radius 3 is 2.50 bits per heavy atom. The first-order chi connectivity index (χ1) is 9.52. The molecule has 1 aromatic carbocycles. The van der Waals surface area contributed by atoms with Gasteiger partial charge in [0.1, 0.15) is 5.78 Å². The smallest absolute Gasteiger partial charge is 0.143 e. The van der Waals surface area contributed by atoms with E-state index in [1.807, 2.05) is 38.2 Å². The highest BCUT2D eigenvalue weighted by Crippen LogP contribution is 2.21. The van der Waals surface area contributed by atoms with Crippen LogP contribution in [0.3, 0.4) is 0 Å². The van der Waals surface area contributed by atoms with E-state index in [1.54, 1.807) is 4.68 Å². The van der Waals surface area contributed by atoms with Crippen molar-refractivity contribution in [3.8, 4) is 0 Å². The molecule has 0 saturated carbocycles. The molecule has 106 valence electrons. The number of ketones is 1. The molecule has 2 aromatic rings. The van der Waals surface area contributed by atoms with Gasteiger partial charge in [-0.2, -0.15) is 5.10 Å². The second-order valence-corrected chi connectivity index (χ2v) is 5.63. The monoisotopic (exact) mass is 335 g/mol. The van der Waals surface area contributed by atoms with Gasteiger partial charge in [-0.15, -0.1) is 0 Å². The zero-order chi connectivity index (χ0) is 14.7. The van der Waals surface area contributed by atoms with Crippen molar-refractivity contribution in [2.75, 3.05) is 0 Å². The molecular formula is C15H18BrN3O. The van der Waals surface area contributed by atoms with Crippen molar-refractivity contribution in [1.82, 2.24) is 9.78 Å². The highest BCUT2D eigenvalue weighted by Gasteiger charge is 2.15. The van der Waals surface area contributed by atoms with Crippen molar-refractivity contribution in [3.63, 3.8) is 0 Å². The molecule has 0 spiro atoms. The summed E-state index contributed by atoms with van der Waals surface area (Å²) < 4.78 is 2.67. The van der Waals surface area contributed by atoms with Crippen molar-refractivity contribution >= 4 is 21.7 Å². The highest BCUT2D eigenvalue weighted by atomic mass is 79.9. The summed E-state index contributed by atoms with van der Waals surface area (Å²) in [7, 11) is 1.86. The zero-order valence-corrected chi connectivity index (χ0v) is 13.3. The van der Waals surface area contributed by atoms with Crippen LogP contribution in [0.2, 0.25) is 0 Å². The second kappa shape index (κ2) is 6.33. The average Bonchev–Trinajstić information content (AvgIpc) is 2.66. The molecule has 0 bridgehead atoms. The number of rotatable bonds is 5. The summed E-state index contributed by atoms with van der Waals surface area (Å²) in [4.78, 5) is 12.3. The number of aromatic nitrogens is 2. The Hall–Kier alpha value is -1.46. The average molecular weight is 336 g/mol. The molecule has 1 heterocycles. The molecule has 0 aliphatic carbocycles. The van der Waals surface area contributed by atoms with Gasteiger partial charge in [0.15, 0.2) is 0 Å². The van der Waals surface area contributed by atoms with Gasteiger partial charge in [0.2, 0.25) is 0 Å². The van der Waals surface area contributed by atoms with Gasteiger partial charge in [-0.05, 0) is 34.0 Å². The lowest BCUT2D eigenvalue weighted by Gasteiger charge is -2.07. The van der Waals surface area contributed by atoms with E-state index in [0.29, 0.717) is 19.4 Å². The molecule has 0 fully saturated rings. The summed E-state index contributed by atoms with van der Waals surface area (Å²) in [5.74, 6) is 0.162. The topological polar surface area (TPSA) is 60.9 Å². The molecule has 0 radical (unpaired) electrons. The fraction of sp³-hybridized carbons (Fsp3) is 0.333. The molecular weight excluding hydrogens is 318 g/mol. The fourth-order valence-corrected chi connectivity index (χ4v) is 2.74. The van der Waals surface area contributed by atoms with Crippen LogP contribution in [-0.4, -0.2) is 15.6 Å². The lowest BCUT2D eigenvalue weighted by Crippen LogP contribution is -2.12. The number of nitrogens with zero attached hydrogens (tertiary/aromatic N) is 2. The van der Waals surface area contributed by atoms with Gasteiger partial charge in [0, 0.05) is 26.4 Å². The lowest BCUT2D eigenvalue weighted by atomic mass is 10.0. The number of nitrogens with two attached hydrogens (primary N) is 1. The second-order valence-electron chi connectivity index (χ2n) is 4.83. The van der Waals surface area contributed by atoms with Crippen LogP contribution in [0.4, 0.5) is 0 Å². The first kappa shape index (κ1) is 14.9. The molecule has 4 nitrogen and oxygen atoms in total. The van der Waals surface area contributed by atoms with Crippen LogP contribution < -0.4 is 5.73 Å². The zero-order valence-electron chi connectivity index (χ0n) is 11.7. The van der Waals surface area contributed by atoms with Crippen LogP contribution in [0.5, 0.6) is 0 Å². The predicted octanol–water partition coefficient (Wildman–Crippen LogP) is 2.30. The van der Waals surface area contributed by atoms with E-state index in [1.165, 1.54) is 0 Å². The Kier molecular flexibility index (Phi) is 4.73. The van der Waals surface area contributed by atoms with Crippen LogP contribution in [0, 0.1) is 6.92 Å². The molecule has 0 aliphatic rings. The molecule has 1 aromatic heterocycles. The summed E-state index contributed by atoms with van der Waals surface area (Å²) in [6.07, 6.45) is 0.779. The molecule has 0 saturated heterocycles. The highest BCUT2D eigenvalue weighted by molar-refractivity contribution is 9.10. The van der Waals surface area contributed by atoms with E-state index in [0.717, 1.165) is 27.0 Å². The number of aryl methyl sites for hydroxylation is 2. The van der Waals surface area contributed by atoms with Crippen LogP contribution in [0.25, 0.3) is 0 Å². The van der Waals surface area contributed by atoms with E-state index in [9.17, 15) is 4.79 Å². The maximum atomic E-state index is 12.3. The van der Waals surface area contributed by atoms with E-state index in [4.69, 9.17) is 5.73 Å². The number of halogens is 1. The maximum Gasteiger partial charge on any atom is 0.143 e. The first-order valence-corrected chi connectivity index (χ1v) is 7.28. The van der Waals surface area contributed by atoms with Crippen molar-refractivity contribution in [2.45, 2.75) is 26.3 Å². The van der Waals surface area contributed by atoms with Gasteiger partial charge in [-0.25, -0.2) is 0 Å². The van der Waals surface area contributed by atoms with E-state index in [2.05, 4.69) is 21.0 Å². The summed E-state index contributed by atoms with van der Waals surface area (Å²) >= 11 is 3.49. The molecule has 2 N–H and O–H groups in total. The summed E-state index contributed by atoms with van der Waals surface area (Å²) in [5, 5.41) is 4.30. The Morgan fingerprint density at radius 1 is 1.30 bits per heavy atom. The first-order valence-electron chi connectivity index (χ1n) is 6.49. The minimum atomic E-state index is 0.162. The van der Waals surface area contributed by atoms with Gasteiger partial charge < -0.3 is 5.73 Å². The summed E-state index contributed by atoms with van der Waals surface area (Å²) in [5.41, 5.74) is 9.55. The summed E-state index contributed by atoms with van der Waals surface area (Å²) in [6, 6.07) is 7.81. The third-order valence-corrected chi connectivity index (χ3v) is 4.38. The largest absolute Gasteiger partial charge is 0.326 e. The van der Waals surface area contributed by atoms with Gasteiger partial charge >= 0.3 is 0 Å². The number of carbonyl (C=O) groups excluding carboxylic acids is 1. The molecule has 0 aliphatic heterocycles. The van der Waals surface area contributed by atoms with Crippen molar-refractivity contribution < 1.29 is 4.79 Å². The molecule has 20 heavy (non-hydrogen) atoms. The van der Waals surface area contributed by atoms with E-state index < -0.39 is 0 Å².